The van der Waals surface area contributed by atoms with E-state index in [0.717, 1.165) is 0 Å². The van der Waals surface area contributed by atoms with Gasteiger partial charge in [-0.2, -0.15) is 0 Å². The molecule has 1 atom stereocenters. The van der Waals surface area contributed by atoms with Gasteiger partial charge in [0.25, 0.3) is 0 Å². The fraction of sp³-hybridized carbons (Fsp3) is 0.300. The molecule has 0 aromatic heterocycles. The maximum atomic E-state index is 13.5. The Morgan fingerprint density at radius 2 is 2.20 bits per heavy atom. The van der Waals surface area contributed by atoms with Gasteiger partial charge in [-0.25, -0.2) is 4.39 Å². The molecule has 0 amide bonds. The molecule has 15 heavy (non-hydrogen) atoms. The van der Waals surface area contributed by atoms with Crippen molar-refractivity contribution in [2.45, 2.75) is 19.3 Å². The van der Waals surface area contributed by atoms with E-state index in [1.54, 1.807) is 6.92 Å². The largest absolute Gasteiger partial charge is 0.504 e. The van der Waals surface area contributed by atoms with Crippen LogP contribution in [0.25, 0.3) is 0 Å². The van der Waals surface area contributed by atoms with E-state index in [4.69, 9.17) is 5.11 Å². The normalized spacial score (nSPS) is 12.5. The number of benzene rings is 1. The Kier molecular flexibility index (Phi) is 3.68. The molecular formula is C10H10BrFO3. The van der Waals surface area contributed by atoms with E-state index in [9.17, 15) is 14.3 Å². The van der Waals surface area contributed by atoms with Crippen LogP contribution in [-0.2, 0) is 4.79 Å². The molecule has 82 valence electrons. The van der Waals surface area contributed by atoms with Crippen molar-refractivity contribution in [3.8, 4) is 11.5 Å². The monoisotopic (exact) mass is 276 g/mol. The number of rotatable bonds is 3. The van der Waals surface area contributed by atoms with Crippen molar-refractivity contribution in [3.63, 3.8) is 0 Å². The average Bonchev–Trinajstić information content (AvgIpc) is 2.15. The SMILES string of the molecule is CC(CC=O)c1c(Br)cc(O)c(O)c1F. The Hall–Kier alpha value is -1.10. The fourth-order valence-electron chi connectivity index (χ4n) is 1.32. The molecule has 0 aliphatic carbocycles. The van der Waals surface area contributed by atoms with Crippen molar-refractivity contribution in [2.24, 2.45) is 0 Å². The van der Waals surface area contributed by atoms with Gasteiger partial charge in [-0.1, -0.05) is 22.9 Å². The first-order valence-corrected chi connectivity index (χ1v) is 5.11. The smallest absolute Gasteiger partial charge is 0.194 e. The Morgan fingerprint density at radius 3 is 2.73 bits per heavy atom. The van der Waals surface area contributed by atoms with Crippen LogP contribution in [0.2, 0.25) is 0 Å². The third kappa shape index (κ3) is 2.28. The number of aromatic hydroxyl groups is 2. The highest BCUT2D eigenvalue weighted by atomic mass is 79.9. The second kappa shape index (κ2) is 4.61. The molecule has 0 radical (unpaired) electrons. The summed E-state index contributed by atoms with van der Waals surface area (Å²) in [5, 5.41) is 18.3. The minimum absolute atomic E-state index is 0.153. The van der Waals surface area contributed by atoms with Crippen molar-refractivity contribution in [3.05, 3.63) is 21.9 Å². The Morgan fingerprint density at radius 1 is 1.60 bits per heavy atom. The molecule has 5 heteroatoms. The van der Waals surface area contributed by atoms with Crippen LogP contribution in [-0.4, -0.2) is 16.5 Å². The Balaban J connectivity index is 3.28. The van der Waals surface area contributed by atoms with Gasteiger partial charge in [-0.15, -0.1) is 0 Å². The maximum Gasteiger partial charge on any atom is 0.194 e. The van der Waals surface area contributed by atoms with Crippen molar-refractivity contribution in [1.29, 1.82) is 0 Å². The molecule has 2 N–H and O–H groups in total. The van der Waals surface area contributed by atoms with Crippen LogP contribution in [0.5, 0.6) is 11.5 Å². The molecule has 0 aliphatic rings. The molecule has 0 saturated heterocycles. The molecule has 0 spiro atoms. The van der Waals surface area contributed by atoms with E-state index in [0.29, 0.717) is 10.8 Å². The first kappa shape index (κ1) is 12.0. The number of phenolic OH excluding ortho intramolecular Hbond substituents is 2. The first-order valence-electron chi connectivity index (χ1n) is 4.32. The summed E-state index contributed by atoms with van der Waals surface area (Å²) in [6.45, 7) is 1.66. The third-order valence-corrected chi connectivity index (χ3v) is 2.81. The number of carbonyl (C=O) groups is 1. The molecule has 0 aliphatic heterocycles. The van der Waals surface area contributed by atoms with Crippen LogP contribution < -0.4 is 0 Å². The minimum Gasteiger partial charge on any atom is -0.504 e. The van der Waals surface area contributed by atoms with Gasteiger partial charge >= 0.3 is 0 Å². The number of hydrogen-bond donors (Lipinski definition) is 2. The zero-order valence-corrected chi connectivity index (χ0v) is 9.58. The fourth-order valence-corrected chi connectivity index (χ4v) is 2.11. The highest BCUT2D eigenvalue weighted by Gasteiger charge is 2.20. The van der Waals surface area contributed by atoms with E-state index in [-0.39, 0.29) is 17.9 Å². The van der Waals surface area contributed by atoms with Crippen LogP contribution >= 0.6 is 15.9 Å². The lowest BCUT2D eigenvalue weighted by Gasteiger charge is -2.13. The summed E-state index contributed by atoms with van der Waals surface area (Å²) in [4.78, 5) is 10.3. The zero-order valence-electron chi connectivity index (χ0n) is 8.00. The predicted octanol–water partition coefficient (Wildman–Crippen LogP) is 2.69. The van der Waals surface area contributed by atoms with E-state index in [1.807, 2.05) is 0 Å². The van der Waals surface area contributed by atoms with Gasteiger partial charge in [0, 0.05) is 16.5 Å². The van der Waals surface area contributed by atoms with E-state index >= 15 is 0 Å². The Bertz CT molecular complexity index is 393. The minimum atomic E-state index is -0.892. The van der Waals surface area contributed by atoms with E-state index in [1.165, 1.54) is 6.07 Å². The van der Waals surface area contributed by atoms with E-state index in [2.05, 4.69) is 15.9 Å². The average molecular weight is 277 g/mol. The van der Waals surface area contributed by atoms with E-state index < -0.39 is 17.3 Å². The van der Waals surface area contributed by atoms with Crippen molar-refractivity contribution < 1.29 is 19.4 Å². The quantitative estimate of drug-likeness (QED) is 0.659. The molecular weight excluding hydrogens is 267 g/mol. The number of halogens is 2. The van der Waals surface area contributed by atoms with Gasteiger partial charge in [0.15, 0.2) is 17.3 Å². The molecule has 0 heterocycles. The molecule has 3 nitrogen and oxygen atoms in total. The molecule has 1 aromatic rings. The van der Waals surface area contributed by atoms with Gasteiger partial charge in [0.2, 0.25) is 0 Å². The second-order valence-corrected chi connectivity index (χ2v) is 4.11. The van der Waals surface area contributed by atoms with Crippen LogP contribution in [0.1, 0.15) is 24.8 Å². The summed E-state index contributed by atoms with van der Waals surface area (Å²) in [6.07, 6.45) is 0.834. The summed E-state index contributed by atoms with van der Waals surface area (Å²) in [5.74, 6) is -2.56. The van der Waals surface area contributed by atoms with Crippen LogP contribution in [0.4, 0.5) is 4.39 Å². The number of aldehydes is 1. The lowest BCUT2D eigenvalue weighted by molar-refractivity contribution is -0.108. The summed E-state index contributed by atoms with van der Waals surface area (Å²) in [7, 11) is 0. The zero-order chi connectivity index (χ0) is 11.6. The van der Waals surface area contributed by atoms with Gasteiger partial charge < -0.3 is 15.0 Å². The number of phenols is 2. The highest BCUT2D eigenvalue weighted by molar-refractivity contribution is 9.10. The lowest BCUT2D eigenvalue weighted by Crippen LogP contribution is -2.00. The van der Waals surface area contributed by atoms with Crippen LogP contribution in [0, 0.1) is 5.82 Å². The molecule has 1 rings (SSSR count). The lowest BCUT2D eigenvalue weighted by atomic mass is 9.97. The van der Waals surface area contributed by atoms with Gasteiger partial charge in [0.05, 0.1) is 0 Å². The van der Waals surface area contributed by atoms with Gasteiger partial charge in [-0.3, -0.25) is 0 Å². The standard InChI is InChI=1S/C10H10BrFO3/c1-5(2-3-13)8-6(11)4-7(14)10(15)9(8)12/h3-5,14-15H,2H2,1H3. The first-order chi connectivity index (χ1) is 6.99. The summed E-state index contributed by atoms with van der Waals surface area (Å²) < 4.78 is 13.9. The molecule has 0 saturated carbocycles. The van der Waals surface area contributed by atoms with Crippen LogP contribution in [0.15, 0.2) is 10.5 Å². The topological polar surface area (TPSA) is 57.5 Å². The van der Waals surface area contributed by atoms with Gasteiger partial charge in [0.1, 0.15) is 6.29 Å². The number of carbonyl (C=O) groups excluding carboxylic acids is 1. The van der Waals surface area contributed by atoms with Crippen molar-refractivity contribution >= 4 is 22.2 Å². The maximum absolute atomic E-state index is 13.5. The molecule has 0 bridgehead atoms. The summed E-state index contributed by atoms with van der Waals surface area (Å²) >= 11 is 3.08. The number of hydrogen-bond acceptors (Lipinski definition) is 3. The Labute approximate surface area is 94.7 Å². The van der Waals surface area contributed by atoms with Crippen LogP contribution in [0.3, 0.4) is 0 Å². The van der Waals surface area contributed by atoms with Gasteiger partial charge in [-0.05, 0) is 12.0 Å². The van der Waals surface area contributed by atoms with Crippen molar-refractivity contribution in [1.82, 2.24) is 0 Å². The third-order valence-electron chi connectivity index (χ3n) is 2.15. The molecule has 0 fully saturated rings. The predicted molar refractivity (Wildman–Crippen MR) is 56.5 cm³/mol. The highest BCUT2D eigenvalue weighted by Crippen LogP contribution is 2.39. The summed E-state index contributed by atoms with van der Waals surface area (Å²) in [6, 6.07) is 1.20. The molecule has 1 unspecified atom stereocenters. The summed E-state index contributed by atoms with van der Waals surface area (Å²) in [5.41, 5.74) is 0.192. The second-order valence-electron chi connectivity index (χ2n) is 3.26. The van der Waals surface area contributed by atoms with Crippen molar-refractivity contribution in [2.75, 3.05) is 0 Å². The molecule has 1 aromatic carbocycles.